The van der Waals surface area contributed by atoms with Crippen molar-refractivity contribution in [3.63, 3.8) is 0 Å². The van der Waals surface area contributed by atoms with Crippen molar-refractivity contribution in [2.45, 2.75) is 36.8 Å². The Morgan fingerprint density at radius 1 is 1.33 bits per heavy atom. The molecule has 2 N–H and O–H groups in total. The van der Waals surface area contributed by atoms with Gasteiger partial charge in [-0.2, -0.15) is 4.31 Å². The van der Waals surface area contributed by atoms with E-state index in [4.69, 9.17) is 5.11 Å². The number of carboxylic acids is 1. The molecule has 1 aliphatic rings. The van der Waals surface area contributed by atoms with Gasteiger partial charge in [0.05, 0.1) is 11.2 Å². The number of aromatic carboxylic acids is 1. The Kier molecular flexibility index (Phi) is 4.31. The number of carbonyl (C=O) groups is 1. The first-order valence-corrected chi connectivity index (χ1v) is 8.08. The van der Waals surface area contributed by atoms with Crippen molar-refractivity contribution < 1.29 is 23.4 Å². The fourth-order valence-corrected chi connectivity index (χ4v) is 3.66. The van der Waals surface area contributed by atoms with Gasteiger partial charge < -0.3 is 10.2 Å². The average Bonchev–Trinajstić information content (AvgIpc) is 2.60. The summed E-state index contributed by atoms with van der Waals surface area (Å²) in [7, 11) is -3.76. The van der Waals surface area contributed by atoms with Crippen LogP contribution in [0.25, 0.3) is 0 Å². The molecule has 0 bridgehead atoms. The van der Waals surface area contributed by atoms with Gasteiger partial charge in [0.2, 0.25) is 0 Å². The van der Waals surface area contributed by atoms with Crippen molar-refractivity contribution in [3.8, 4) is 0 Å². The SMILES string of the molecule is CC1(O)CCCN(S(=O)(=O)c2ccc(C(=O)O)cn2)CC1. The highest BCUT2D eigenvalue weighted by Gasteiger charge is 2.32. The van der Waals surface area contributed by atoms with Crippen molar-refractivity contribution in [1.82, 2.24) is 9.29 Å². The van der Waals surface area contributed by atoms with Gasteiger partial charge in [-0.05, 0) is 38.3 Å². The summed E-state index contributed by atoms with van der Waals surface area (Å²) in [5, 5.41) is 18.6. The van der Waals surface area contributed by atoms with Crippen LogP contribution in [0.2, 0.25) is 0 Å². The zero-order valence-corrected chi connectivity index (χ0v) is 12.5. The fourth-order valence-electron chi connectivity index (χ4n) is 2.27. The normalized spacial score (nSPS) is 24.5. The maximum absolute atomic E-state index is 12.5. The predicted octanol–water partition coefficient (Wildman–Crippen LogP) is 0.705. The van der Waals surface area contributed by atoms with Crippen LogP contribution in [0.15, 0.2) is 23.4 Å². The van der Waals surface area contributed by atoms with Crippen LogP contribution in [0, 0.1) is 0 Å². The molecule has 2 rings (SSSR count). The van der Waals surface area contributed by atoms with Gasteiger partial charge in [0.1, 0.15) is 0 Å². The topological polar surface area (TPSA) is 108 Å². The Hall–Kier alpha value is -1.51. The van der Waals surface area contributed by atoms with Gasteiger partial charge in [0, 0.05) is 19.3 Å². The van der Waals surface area contributed by atoms with E-state index in [1.54, 1.807) is 6.92 Å². The zero-order valence-electron chi connectivity index (χ0n) is 11.7. The summed E-state index contributed by atoms with van der Waals surface area (Å²) in [6.45, 7) is 2.24. The summed E-state index contributed by atoms with van der Waals surface area (Å²) in [6, 6.07) is 2.41. The molecular weight excluding hydrogens is 296 g/mol. The molecule has 1 aromatic heterocycles. The molecule has 1 fully saturated rings. The Morgan fingerprint density at radius 3 is 2.62 bits per heavy atom. The number of hydrogen-bond acceptors (Lipinski definition) is 5. The smallest absolute Gasteiger partial charge is 0.337 e. The molecule has 0 radical (unpaired) electrons. The summed E-state index contributed by atoms with van der Waals surface area (Å²) in [4.78, 5) is 14.5. The second kappa shape index (κ2) is 5.70. The first kappa shape index (κ1) is 15.9. The van der Waals surface area contributed by atoms with E-state index in [1.807, 2.05) is 0 Å². The summed E-state index contributed by atoms with van der Waals surface area (Å²) in [6.07, 6.45) is 2.51. The maximum atomic E-state index is 12.5. The van der Waals surface area contributed by atoms with E-state index < -0.39 is 21.6 Å². The van der Waals surface area contributed by atoms with Crippen LogP contribution in [0.4, 0.5) is 0 Å². The van der Waals surface area contributed by atoms with Crippen LogP contribution in [-0.4, -0.2) is 52.6 Å². The highest BCUT2D eigenvalue weighted by atomic mass is 32.2. The largest absolute Gasteiger partial charge is 0.478 e. The van der Waals surface area contributed by atoms with Gasteiger partial charge in [-0.3, -0.25) is 0 Å². The van der Waals surface area contributed by atoms with Gasteiger partial charge in [0.25, 0.3) is 10.0 Å². The molecule has 0 spiro atoms. The standard InChI is InChI=1S/C13H18N2O5S/c1-13(18)5-2-7-15(8-6-13)21(19,20)11-4-3-10(9-14-11)12(16)17/h3-4,9,18H,2,5-8H2,1H3,(H,16,17). The number of rotatable bonds is 3. The first-order chi connectivity index (χ1) is 9.72. The molecule has 1 aliphatic heterocycles. The quantitative estimate of drug-likeness (QED) is 0.850. The van der Waals surface area contributed by atoms with E-state index in [0.717, 1.165) is 6.20 Å². The molecule has 0 saturated carbocycles. The van der Waals surface area contributed by atoms with Crippen LogP contribution < -0.4 is 0 Å². The lowest BCUT2D eigenvalue weighted by atomic mass is 9.98. The Balaban J connectivity index is 2.23. The third-order valence-electron chi connectivity index (χ3n) is 3.61. The molecule has 1 saturated heterocycles. The Morgan fingerprint density at radius 2 is 2.05 bits per heavy atom. The molecule has 2 heterocycles. The van der Waals surface area contributed by atoms with Crippen LogP contribution >= 0.6 is 0 Å². The number of aromatic nitrogens is 1. The highest BCUT2D eigenvalue weighted by Crippen LogP contribution is 2.25. The van der Waals surface area contributed by atoms with Gasteiger partial charge in [0.15, 0.2) is 5.03 Å². The third-order valence-corrected chi connectivity index (χ3v) is 5.43. The number of pyridine rings is 1. The van der Waals surface area contributed by atoms with E-state index in [9.17, 15) is 18.3 Å². The Labute approximate surface area is 123 Å². The molecule has 1 atom stereocenters. The lowest BCUT2D eigenvalue weighted by Crippen LogP contribution is -2.34. The van der Waals surface area contributed by atoms with E-state index in [1.165, 1.54) is 16.4 Å². The molecule has 8 heteroatoms. The minimum Gasteiger partial charge on any atom is -0.478 e. The molecule has 0 amide bonds. The summed E-state index contributed by atoms with van der Waals surface area (Å²) < 4.78 is 26.2. The number of sulfonamides is 1. The minimum atomic E-state index is -3.76. The third kappa shape index (κ3) is 3.58. The zero-order chi connectivity index (χ0) is 15.7. The van der Waals surface area contributed by atoms with Gasteiger partial charge in [-0.1, -0.05) is 0 Å². The Bertz CT molecular complexity index is 624. The fraction of sp³-hybridized carbons (Fsp3) is 0.538. The van der Waals surface area contributed by atoms with Crippen molar-refractivity contribution in [3.05, 3.63) is 23.9 Å². The molecule has 1 unspecified atom stereocenters. The molecular formula is C13H18N2O5S. The summed E-state index contributed by atoms with van der Waals surface area (Å²) in [5.41, 5.74) is -0.919. The summed E-state index contributed by atoms with van der Waals surface area (Å²) in [5.74, 6) is -1.16. The lowest BCUT2D eigenvalue weighted by molar-refractivity contribution is 0.0464. The number of nitrogens with zero attached hydrogens (tertiary/aromatic N) is 2. The molecule has 1 aromatic rings. The number of carboxylic acid groups (broad SMARTS) is 1. The predicted molar refractivity (Wildman–Crippen MR) is 74.4 cm³/mol. The second-order valence-corrected chi connectivity index (χ2v) is 7.33. The van der Waals surface area contributed by atoms with Gasteiger partial charge >= 0.3 is 5.97 Å². The lowest BCUT2D eigenvalue weighted by Gasteiger charge is -2.21. The van der Waals surface area contributed by atoms with Crippen molar-refractivity contribution in [1.29, 1.82) is 0 Å². The van der Waals surface area contributed by atoms with E-state index >= 15 is 0 Å². The first-order valence-electron chi connectivity index (χ1n) is 6.64. The monoisotopic (exact) mass is 314 g/mol. The number of aliphatic hydroxyl groups is 1. The summed E-state index contributed by atoms with van der Waals surface area (Å²) >= 11 is 0. The highest BCUT2D eigenvalue weighted by molar-refractivity contribution is 7.89. The van der Waals surface area contributed by atoms with Crippen LogP contribution in [-0.2, 0) is 10.0 Å². The van der Waals surface area contributed by atoms with Crippen molar-refractivity contribution in [2.75, 3.05) is 13.1 Å². The van der Waals surface area contributed by atoms with Crippen LogP contribution in [0.1, 0.15) is 36.5 Å². The van der Waals surface area contributed by atoms with Gasteiger partial charge in [-0.25, -0.2) is 18.2 Å². The molecule has 7 nitrogen and oxygen atoms in total. The van der Waals surface area contributed by atoms with E-state index in [0.29, 0.717) is 25.8 Å². The number of hydrogen-bond donors (Lipinski definition) is 2. The molecule has 0 aromatic carbocycles. The average molecular weight is 314 g/mol. The molecule has 0 aliphatic carbocycles. The maximum Gasteiger partial charge on any atom is 0.337 e. The molecule has 21 heavy (non-hydrogen) atoms. The van der Waals surface area contributed by atoms with Crippen LogP contribution in [0.3, 0.4) is 0 Å². The van der Waals surface area contributed by atoms with E-state index in [2.05, 4.69) is 4.98 Å². The second-order valence-electron chi connectivity index (χ2n) is 5.44. The minimum absolute atomic E-state index is 0.0623. The van der Waals surface area contributed by atoms with Crippen molar-refractivity contribution in [2.24, 2.45) is 0 Å². The molecule has 116 valence electrons. The van der Waals surface area contributed by atoms with Crippen molar-refractivity contribution >= 4 is 16.0 Å². The van der Waals surface area contributed by atoms with E-state index in [-0.39, 0.29) is 17.1 Å². The van der Waals surface area contributed by atoms with Gasteiger partial charge in [-0.15, -0.1) is 0 Å². The van der Waals surface area contributed by atoms with Crippen LogP contribution in [0.5, 0.6) is 0 Å².